The van der Waals surface area contributed by atoms with Crippen LogP contribution in [0.25, 0.3) is 0 Å². The van der Waals surface area contributed by atoms with Gasteiger partial charge in [-0.25, -0.2) is 0 Å². The second kappa shape index (κ2) is 5.33. The molecule has 56 valence electrons. The Labute approximate surface area is 60.4 Å². The molecule has 0 fully saturated rings. The van der Waals surface area contributed by atoms with Crippen molar-refractivity contribution in [2.75, 3.05) is 6.35 Å². The van der Waals surface area contributed by atoms with Crippen LogP contribution in [0.2, 0.25) is 0 Å². The summed E-state index contributed by atoms with van der Waals surface area (Å²) in [6, 6.07) is 1.17. The van der Waals surface area contributed by atoms with E-state index >= 15 is 0 Å². The number of aliphatic hydroxyl groups is 1. The van der Waals surface area contributed by atoms with Gasteiger partial charge in [-0.15, -0.1) is 0 Å². The minimum atomic E-state index is -1.67. The molecule has 0 bridgehead atoms. The van der Waals surface area contributed by atoms with Gasteiger partial charge in [-0.3, -0.25) is 0 Å². The van der Waals surface area contributed by atoms with Crippen molar-refractivity contribution in [1.29, 1.82) is 5.26 Å². The van der Waals surface area contributed by atoms with E-state index in [1.807, 2.05) is 0 Å². The van der Waals surface area contributed by atoms with Crippen molar-refractivity contribution in [2.45, 2.75) is 12.5 Å². The molecule has 5 heteroatoms. The number of nitrogens with zero attached hydrogens (tertiary/aromatic N) is 1. The van der Waals surface area contributed by atoms with E-state index < -0.39 is 13.8 Å². The lowest BCUT2D eigenvalue weighted by atomic mass is 10.3. The Morgan fingerprint density at radius 1 is 1.90 bits per heavy atom. The lowest BCUT2D eigenvalue weighted by molar-refractivity contribution is -0.155. The fourth-order valence-electron chi connectivity index (χ4n) is 0.342. The summed E-state index contributed by atoms with van der Waals surface area (Å²) >= 11 is 0. The van der Waals surface area contributed by atoms with Crippen LogP contribution in [0.4, 0.5) is 0 Å². The number of aliphatic hydroxyl groups excluding tert-OH is 1. The smallest absolute Gasteiger partial charge is 0.198 e. The van der Waals surface area contributed by atoms with Crippen molar-refractivity contribution in [3.63, 3.8) is 0 Å². The van der Waals surface area contributed by atoms with Gasteiger partial charge in [0.25, 0.3) is 0 Å². The SMILES string of the molecule is N#CC(N)C/C=[P+](\[O-])CO. The van der Waals surface area contributed by atoms with Crippen molar-refractivity contribution in [2.24, 2.45) is 5.73 Å². The Kier molecular flexibility index (Phi) is 5.09. The van der Waals surface area contributed by atoms with Crippen LogP contribution in [-0.4, -0.2) is 23.3 Å². The van der Waals surface area contributed by atoms with E-state index in [-0.39, 0.29) is 12.8 Å². The molecule has 0 rings (SSSR count). The molecular formula is C5H9N2O2P. The van der Waals surface area contributed by atoms with E-state index in [1.165, 1.54) is 5.80 Å². The minimum absolute atomic E-state index is 0.270. The maximum atomic E-state index is 10.5. The van der Waals surface area contributed by atoms with Gasteiger partial charge in [0.15, 0.2) is 6.35 Å². The molecule has 0 saturated carbocycles. The van der Waals surface area contributed by atoms with E-state index in [2.05, 4.69) is 0 Å². The van der Waals surface area contributed by atoms with Crippen LogP contribution in [0.3, 0.4) is 0 Å². The van der Waals surface area contributed by atoms with Gasteiger partial charge in [-0.2, -0.15) is 5.26 Å². The molecule has 0 aliphatic carbocycles. The van der Waals surface area contributed by atoms with Crippen molar-refractivity contribution in [1.82, 2.24) is 0 Å². The molecule has 0 saturated heterocycles. The third-order valence-electron chi connectivity index (χ3n) is 0.868. The Morgan fingerprint density at radius 2 is 2.50 bits per heavy atom. The highest BCUT2D eigenvalue weighted by molar-refractivity contribution is 7.49. The monoisotopic (exact) mass is 160 g/mol. The topological polar surface area (TPSA) is 93.1 Å². The van der Waals surface area contributed by atoms with Gasteiger partial charge in [-0.1, -0.05) is 0 Å². The molecule has 0 aliphatic heterocycles. The second-order valence-electron chi connectivity index (χ2n) is 1.71. The van der Waals surface area contributed by atoms with Gasteiger partial charge in [0.05, 0.1) is 25.7 Å². The predicted octanol–water partition coefficient (Wildman–Crippen LogP) is -1.26. The molecule has 0 heterocycles. The number of rotatable bonds is 3. The van der Waals surface area contributed by atoms with E-state index in [4.69, 9.17) is 16.1 Å². The molecule has 0 aromatic rings. The van der Waals surface area contributed by atoms with E-state index in [0.29, 0.717) is 0 Å². The maximum Gasteiger partial charge on any atom is 0.198 e. The highest BCUT2D eigenvalue weighted by Crippen LogP contribution is 2.06. The summed E-state index contributed by atoms with van der Waals surface area (Å²) in [5.74, 6) is 1.36. The van der Waals surface area contributed by atoms with Crippen LogP contribution in [0, 0.1) is 11.3 Å². The lowest BCUT2D eigenvalue weighted by Gasteiger charge is -1.94. The Hall–Kier alpha value is -0.460. The van der Waals surface area contributed by atoms with E-state index in [9.17, 15) is 4.89 Å². The fourth-order valence-corrected chi connectivity index (χ4v) is 0.919. The summed E-state index contributed by atoms with van der Waals surface area (Å²) in [6.45, 7) is 0. The van der Waals surface area contributed by atoms with Gasteiger partial charge in [-0.05, 0) is 0 Å². The Bertz CT molecular complexity index is 164. The largest absolute Gasteiger partial charge is 0.629 e. The maximum absolute atomic E-state index is 10.5. The summed E-state index contributed by atoms with van der Waals surface area (Å²) in [7, 11) is -1.67. The quantitative estimate of drug-likeness (QED) is 0.504. The molecule has 0 radical (unpaired) electrons. The Balaban J connectivity index is 3.63. The van der Waals surface area contributed by atoms with Gasteiger partial charge < -0.3 is 15.7 Å². The molecular weight excluding hydrogens is 151 g/mol. The van der Waals surface area contributed by atoms with Gasteiger partial charge in [0, 0.05) is 6.42 Å². The van der Waals surface area contributed by atoms with Crippen LogP contribution < -0.4 is 10.6 Å². The van der Waals surface area contributed by atoms with Crippen molar-refractivity contribution in [3.8, 4) is 6.07 Å². The summed E-state index contributed by atoms with van der Waals surface area (Å²) < 4.78 is 0. The standard InChI is InChI=1S/C5H9N2O2P/c6-3-5(7)1-2-10(9)4-8/h2,5,8H,1,4,7H2. The molecule has 0 aromatic carbocycles. The predicted molar refractivity (Wildman–Crippen MR) is 38.3 cm³/mol. The summed E-state index contributed by atoms with van der Waals surface area (Å²) in [6.07, 6.45) is -0.0975. The molecule has 10 heavy (non-hydrogen) atoms. The highest BCUT2D eigenvalue weighted by Gasteiger charge is 1.98. The second-order valence-corrected chi connectivity index (χ2v) is 3.19. The molecule has 4 nitrogen and oxygen atoms in total. The molecule has 2 atom stereocenters. The van der Waals surface area contributed by atoms with Crippen LogP contribution in [-0.2, 0) is 0 Å². The zero-order valence-electron chi connectivity index (χ0n) is 5.40. The fraction of sp³-hybridized carbons (Fsp3) is 0.600. The highest BCUT2D eigenvalue weighted by atomic mass is 31.1. The van der Waals surface area contributed by atoms with E-state index in [1.54, 1.807) is 6.07 Å². The normalized spacial score (nSPS) is 14.4. The molecule has 0 spiro atoms. The summed E-state index contributed by atoms with van der Waals surface area (Å²) in [4.78, 5) is 10.5. The number of hydrogen-bond acceptors (Lipinski definition) is 4. The number of hydrogen-bond donors (Lipinski definition) is 2. The molecule has 3 N–H and O–H groups in total. The van der Waals surface area contributed by atoms with Gasteiger partial charge >= 0.3 is 0 Å². The number of nitriles is 1. The zero-order valence-corrected chi connectivity index (χ0v) is 6.29. The van der Waals surface area contributed by atoms with Gasteiger partial charge in [0.1, 0.15) is 0 Å². The van der Waals surface area contributed by atoms with E-state index in [0.717, 1.165) is 0 Å². The van der Waals surface area contributed by atoms with Crippen LogP contribution >= 0.6 is 7.77 Å². The molecule has 0 aromatic heterocycles. The third-order valence-corrected chi connectivity index (χ3v) is 1.77. The lowest BCUT2D eigenvalue weighted by Crippen LogP contribution is -2.17. The molecule has 0 aliphatic rings. The van der Waals surface area contributed by atoms with Crippen molar-refractivity contribution >= 4 is 13.6 Å². The third kappa shape index (κ3) is 4.42. The average Bonchev–Trinajstić information content (AvgIpc) is 1.99. The summed E-state index contributed by atoms with van der Waals surface area (Å²) in [5.41, 5.74) is 5.17. The van der Waals surface area contributed by atoms with Crippen LogP contribution in [0.1, 0.15) is 6.42 Å². The van der Waals surface area contributed by atoms with Crippen molar-refractivity contribution in [3.05, 3.63) is 0 Å². The first-order valence-corrected chi connectivity index (χ1v) is 4.25. The average molecular weight is 160 g/mol. The first-order chi connectivity index (χ1) is 4.70. The molecule has 0 amide bonds. The van der Waals surface area contributed by atoms with Crippen molar-refractivity contribution < 1.29 is 10.00 Å². The first-order valence-electron chi connectivity index (χ1n) is 2.74. The molecule has 2 unspecified atom stereocenters. The zero-order chi connectivity index (χ0) is 7.98. The van der Waals surface area contributed by atoms with Crippen LogP contribution in [0.5, 0.6) is 0 Å². The minimum Gasteiger partial charge on any atom is -0.629 e. The van der Waals surface area contributed by atoms with Gasteiger partial charge in [0.2, 0.25) is 0 Å². The Morgan fingerprint density at radius 3 is 2.90 bits per heavy atom. The summed E-state index contributed by atoms with van der Waals surface area (Å²) in [5, 5.41) is 16.4. The first kappa shape index (κ1) is 9.54. The number of nitrogens with two attached hydrogens (primary N) is 1. The van der Waals surface area contributed by atoms with Crippen LogP contribution in [0.15, 0.2) is 0 Å².